The number of benzene rings is 1. The van der Waals surface area contributed by atoms with Crippen LogP contribution in [0.15, 0.2) is 28.5 Å². The minimum Gasteiger partial charge on any atom is -0.258 e. The van der Waals surface area contributed by atoms with Crippen LogP contribution in [0, 0.1) is 17.0 Å². The summed E-state index contributed by atoms with van der Waals surface area (Å²) >= 11 is 1.14. The maximum Gasteiger partial charge on any atom is 0.290 e. The van der Waals surface area contributed by atoms with E-state index < -0.39 is 20.6 Å². The van der Waals surface area contributed by atoms with Gasteiger partial charge in [0.25, 0.3) is 15.7 Å². The van der Waals surface area contributed by atoms with Gasteiger partial charge in [-0.3, -0.25) is 14.8 Å². The average Bonchev–Trinajstić information content (AvgIpc) is 2.84. The molecular weight excluding hydrogens is 314 g/mol. The van der Waals surface area contributed by atoms with Crippen LogP contribution in [0.3, 0.4) is 0 Å². The van der Waals surface area contributed by atoms with E-state index in [-0.39, 0.29) is 10.0 Å². The fraction of sp³-hybridized carbons (Fsp3) is 0.250. The van der Waals surface area contributed by atoms with E-state index in [1.54, 1.807) is 5.38 Å². The van der Waals surface area contributed by atoms with Crippen LogP contribution in [0.2, 0.25) is 0 Å². The molecule has 0 saturated carbocycles. The van der Waals surface area contributed by atoms with Gasteiger partial charge < -0.3 is 0 Å². The van der Waals surface area contributed by atoms with Gasteiger partial charge in [-0.1, -0.05) is 19.1 Å². The van der Waals surface area contributed by atoms with Crippen molar-refractivity contribution >= 4 is 32.2 Å². The van der Waals surface area contributed by atoms with Crippen LogP contribution < -0.4 is 4.72 Å². The molecular formula is C12H13N3O4S2. The number of sulfonamides is 1. The molecule has 0 aliphatic rings. The summed E-state index contributed by atoms with van der Waals surface area (Å²) in [6, 6.07) is 4.13. The normalized spacial score (nSPS) is 11.3. The third-order valence-corrected chi connectivity index (χ3v) is 5.26. The lowest BCUT2D eigenvalue weighted by atomic mass is 10.2. The smallest absolute Gasteiger partial charge is 0.258 e. The second-order valence-corrected chi connectivity index (χ2v) is 6.76. The van der Waals surface area contributed by atoms with Crippen molar-refractivity contribution in [1.29, 1.82) is 0 Å². The molecule has 2 rings (SSSR count). The standard InChI is InChI=1S/C12H13N3O4S2/c1-3-9-7-20-12(13-9)14-21(18,19)11-8(2)5-4-6-10(11)15(16)17/h4-7H,3H2,1-2H3,(H,13,14). The minimum atomic E-state index is -4.06. The predicted molar refractivity (Wildman–Crippen MR) is 80.1 cm³/mol. The van der Waals surface area contributed by atoms with Crippen molar-refractivity contribution < 1.29 is 13.3 Å². The first-order valence-electron chi connectivity index (χ1n) is 6.06. The zero-order valence-corrected chi connectivity index (χ0v) is 13.0. The molecule has 9 heteroatoms. The maximum atomic E-state index is 12.4. The summed E-state index contributed by atoms with van der Waals surface area (Å²) in [5.41, 5.74) is 0.621. The summed E-state index contributed by atoms with van der Waals surface area (Å²) in [4.78, 5) is 14.1. The van der Waals surface area contributed by atoms with E-state index in [9.17, 15) is 18.5 Å². The number of hydrogen-bond acceptors (Lipinski definition) is 6. The van der Waals surface area contributed by atoms with Gasteiger partial charge in [0.15, 0.2) is 10.0 Å². The molecule has 1 aromatic heterocycles. The van der Waals surface area contributed by atoms with Gasteiger partial charge in [0.05, 0.1) is 10.6 Å². The molecule has 21 heavy (non-hydrogen) atoms. The Balaban J connectivity index is 2.47. The molecule has 0 bridgehead atoms. The number of aryl methyl sites for hydroxylation is 2. The Morgan fingerprint density at radius 3 is 2.71 bits per heavy atom. The average molecular weight is 327 g/mol. The van der Waals surface area contributed by atoms with E-state index in [1.807, 2.05) is 6.92 Å². The molecule has 0 radical (unpaired) electrons. The topological polar surface area (TPSA) is 102 Å². The molecule has 0 fully saturated rings. The predicted octanol–water partition coefficient (Wildman–Crippen LogP) is 2.72. The third kappa shape index (κ3) is 3.19. The first-order chi connectivity index (χ1) is 9.85. The molecule has 0 atom stereocenters. The third-order valence-electron chi connectivity index (χ3n) is 2.79. The molecule has 0 amide bonds. The maximum absolute atomic E-state index is 12.4. The van der Waals surface area contributed by atoms with Crippen LogP contribution >= 0.6 is 11.3 Å². The van der Waals surface area contributed by atoms with E-state index in [0.29, 0.717) is 12.0 Å². The Labute approximate surface area is 125 Å². The van der Waals surface area contributed by atoms with E-state index >= 15 is 0 Å². The number of nitrogens with zero attached hydrogens (tertiary/aromatic N) is 2. The van der Waals surface area contributed by atoms with Crippen molar-refractivity contribution in [2.24, 2.45) is 0 Å². The van der Waals surface area contributed by atoms with Crippen LogP contribution in [0.4, 0.5) is 10.8 Å². The zero-order chi connectivity index (χ0) is 15.6. The Kier molecular flexibility index (Phi) is 4.24. The lowest BCUT2D eigenvalue weighted by molar-refractivity contribution is -0.387. The van der Waals surface area contributed by atoms with Crippen molar-refractivity contribution in [2.75, 3.05) is 4.72 Å². The summed E-state index contributed by atoms with van der Waals surface area (Å²) in [6.07, 6.45) is 0.683. The van der Waals surface area contributed by atoms with Crippen LogP contribution in [-0.2, 0) is 16.4 Å². The van der Waals surface area contributed by atoms with Gasteiger partial charge in [-0.15, -0.1) is 11.3 Å². The molecule has 0 aliphatic carbocycles. The van der Waals surface area contributed by atoms with Crippen LogP contribution in [0.25, 0.3) is 0 Å². The fourth-order valence-corrected chi connectivity index (χ4v) is 4.26. The van der Waals surface area contributed by atoms with Crippen LogP contribution in [-0.4, -0.2) is 18.3 Å². The Morgan fingerprint density at radius 2 is 2.14 bits per heavy atom. The second-order valence-electron chi connectivity index (χ2n) is 4.28. The first kappa shape index (κ1) is 15.4. The van der Waals surface area contributed by atoms with Gasteiger partial charge >= 0.3 is 0 Å². The highest BCUT2D eigenvalue weighted by Crippen LogP contribution is 2.29. The van der Waals surface area contributed by atoms with Gasteiger partial charge in [-0.2, -0.15) is 0 Å². The molecule has 0 aliphatic heterocycles. The fourth-order valence-electron chi connectivity index (χ4n) is 1.81. The van der Waals surface area contributed by atoms with Gasteiger partial charge in [-0.05, 0) is 18.9 Å². The molecule has 2 aromatic rings. The number of aromatic nitrogens is 1. The minimum absolute atomic E-state index is 0.199. The molecule has 112 valence electrons. The number of hydrogen-bond donors (Lipinski definition) is 1. The highest BCUT2D eigenvalue weighted by Gasteiger charge is 2.28. The van der Waals surface area contributed by atoms with Gasteiger partial charge in [-0.25, -0.2) is 13.4 Å². The molecule has 0 unspecified atom stereocenters. The highest BCUT2D eigenvalue weighted by molar-refractivity contribution is 7.93. The number of thiazole rings is 1. The zero-order valence-electron chi connectivity index (χ0n) is 11.4. The van der Waals surface area contributed by atoms with E-state index in [0.717, 1.165) is 17.0 Å². The van der Waals surface area contributed by atoms with E-state index in [2.05, 4.69) is 9.71 Å². The lowest BCUT2D eigenvalue weighted by Gasteiger charge is -2.08. The number of nitrogens with one attached hydrogen (secondary N) is 1. The number of nitro groups is 1. The van der Waals surface area contributed by atoms with Gasteiger partial charge in [0.2, 0.25) is 0 Å². The van der Waals surface area contributed by atoms with Gasteiger partial charge in [0, 0.05) is 11.4 Å². The van der Waals surface area contributed by atoms with Crippen molar-refractivity contribution in [3.05, 3.63) is 45.0 Å². The second kappa shape index (κ2) is 5.78. The summed E-state index contributed by atoms with van der Waals surface area (Å²) in [7, 11) is -4.06. The van der Waals surface area contributed by atoms with Crippen LogP contribution in [0.1, 0.15) is 18.2 Å². The van der Waals surface area contributed by atoms with Gasteiger partial charge in [0.1, 0.15) is 0 Å². The van der Waals surface area contributed by atoms with Crippen molar-refractivity contribution in [3.8, 4) is 0 Å². The monoisotopic (exact) mass is 327 g/mol. The Morgan fingerprint density at radius 1 is 1.43 bits per heavy atom. The number of rotatable bonds is 5. The molecule has 7 nitrogen and oxygen atoms in total. The summed E-state index contributed by atoms with van der Waals surface area (Å²) in [6.45, 7) is 3.42. The molecule has 1 N–H and O–H groups in total. The quantitative estimate of drug-likeness (QED) is 0.672. The summed E-state index contributed by atoms with van der Waals surface area (Å²) in [5.74, 6) is 0. The summed E-state index contributed by atoms with van der Waals surface area (Å²) in [5, 5.41) is 13.0. The van der Waals surface area contributed by atoms with E-state index in [1.165, 1.54) is 25.1 Å². The molecule has 0 spiro atoms. The summed E-state index contributed by atoms with van der Waals surface area (Å²) < 4.78 is 27.1. The highest BCUT2D eigenvalue weighted by atomic mass is 32.2. The Bertz CT molecular complexity index is 784. The van der Waals surface area contributed by atoms with Crippen LogP contribution in [0.5, 0.6) is 0 Å². The van der Waals surface area contributed by atoms with Crippen molar-refractivity contribution in [1.82, 2.24) is 4.98 Å². The first-order valence-corrected chi connectivity index (χ1v) is 8.42. The largest absolute Gasteiger partial charge is 0.290 e. The number of anilines is 1. The molecule has 0 saturated heterocycles. The van der Waals surface area contributed by atoms with Crippen molar-refractivity contribution in [3.63, 3.8) is 0 Å². The Hall–Kier alpha value is -2.00. The molecule has 1 aromatic carbocycles. The SMILES string of the molecule is CCc1csc(NS(=O)(=O)c2c(C)cccc2[N+](=O)[O-])n1. The van der Waals surface area contributed by atoms with Crippen molar-refractivity contribution in [2.45, 2.75) is 25.2 Å². The molecule has 1 heterocycles. The van der Waals surface area contributed by atoms with E-state index in [4.69, 9.17) is 0 Å². The lowest BCUT2D eigenvalue weighted by Crippen LogP contribution is -2.16. The number of nitro benzene ring substituents is 1.